The number of carbonyl (C=O) groups is 2. The molecule has 4 aliphatic rings. The molecule has 2 aliphatic heterocycles. The summed E-state index contributed by atoms with van der Waals surface area (Å²) in [7, 11) is 0. The highest BCUT2D eigenvalue weighted by Gasteiger charge is 2.51. The number of alkyl halides is 1. The van der Waals surface area contributed by atoms with Gasteiger partial charge in [0.05, 0.1) is 30.3 Å². The lowest BCUT2D eigenvalue weighted by Gasteiger charge is -2.43. The Labute approximate surface area is 285 Å². The molecule has 1 spiro atoms. The predicted molar refractivity (Wildman–Crippen MR) is 177 cm³/mol. The van der Waals surface area contributed by atoms with Crippen LogP contribution in [0.4, 0.5) is 19.8 Å². The Morgan fingerprint density at radius 1 is 1.12 bits per heavy atom. The molecule has 2 aromatic rings. The first-order valence-electron chi connectivity index (χ1n) is 16.6. The van der Waals surface area contributed by atoms with Crippen molar-refractivity contribution in [3.05, 3.63) is 58.3 Å². The van der Waals surface area contributed by atoms with Crippen LogP contribution in [0.3, 0.4) is 0 Å². The maximum absolute atomic E-state index is 17.2. The molecular weight excluding hydrogens is 639 g/mol. The average Bonchev–Trinajstić information content (AvgIpc) is 3.40. The maximum atomic E-state index is 17.2. The summed E-state index contributed by atoms with van der Waals surface area (Å²) in [5.41, 5.74) is 1.51. The summed E-state index contributed by atoms with van der Waals surface area (Å²) < 4.78 is 34.1. The van der Waals surface area contributed by atoms with Gasteiger partial charge in [-0.3, -0.25) is 0 Å². The number of anilines is 1. The van der Waals surface area contributed by atoms with Crippen molar-refractivity contribution in [2.45, 2.75) is 88.6 Å². The van der Waals surface area contributed by atoms with Crippen LogP contribution in [0, 0.1) is 11.3 Å². The fourth-order valence-electron chi connectivity index (χ4n) is 7.39. The number of hydrogen-bond acceptors (Lipinski definition) is 9. The van der Waals surface area contributed by atoms with Gasteiger partial charge >= 0.3 is 18.2 Å². The molecule has 1 aromatic heterocycles. The van der Waals surface area contributed by atoms with Crippen molar-refractivity contribution in [1.29, 1.82) is 5.26 Å². The van der Waals surface area contributed by atoms with E-state index in [4.69, 9.17) is 35.8 Å². The Morgan fingerprint density at radius 3 is 2.56 bits per heavy atom. The molecule has 6 rings (SSSR count). The smallest absolute Gasteiger partial charge is 0.410 e. The first-order chi connectivity index (χ1) is 23.0. The van der Waals surface area contributed by atoms with E-state index in [0.717, 1.165) is 17.5 Å². The predicted octanol–water partition coefficient (Wildman–Crippen LogP) is 6.09. The molecule has 13 heteroatoms. The lowest BCUT2D eigenvalue weighted by Crippen LogP contribution is -2.56. The van der Waals surface area contributed by atoms with Crippen LogP contribution in [0.5, 0.6) is 6.01 Å². The van der Waals surface area contributed by atoms with Gasteiger partial charge in [0.2, 0.25) is 0 Å². The standard InChI is InChI=1S/C35H42ClFN6O5/c1-5-19-46-32(44)43-18-17-41(20-22(43)11-15-38)30-25-10-14-35(13-9-24-26(35)7-6-8-27(24)36)29(37)28(25)39-31(40-30)47-21-23-12-16-42(23)33(45)48-34(2,3)4/h5-8,22-23,29H,1,9-14,16-21H2,2-4H3/t22-,23-,29-,35+/m0/s1. The summed E-state index contributed by atoms with van der Waals surface area (Å²) in [6, 6.07) is 7.21. The number of halogens is 2. The fourth-order valence-corrected chi connectivity index (χ4v) is 7.66. The van der Waals surface area contributed by atoms with E-state index in [1.54, 1.807) is 9.80 Å². The topological polar surface area (TPSA) is 121 Å². The van der Waals surface area contributed by atoms with Gasteiger partial charge in [-0.1, -0.05) is 36.4 Å². The summed E-state index contributed by atoms with van der Waals surface area (Å²) in [6.45, 7) is 10.8. The van der Waals surface area contributed by atoms with E-state index in [2.05, 4.69) is 12.6 Å². The van der Waals surface area contributed by atoms with Gasteiger partial charge < -0.3 is 28.9 Å². The highest BCUT2D eigenvalue weighted by molar-refractivity contribution is 6.31. The van der Waals surface area contributed by atoms with Gasteiger partial charge in [0, 0.05) is 42.2 Å². The normalized spacial score (nSPS) is 24.7. The van der Waals surface area contributed by atoms with Crippen LogP contribution in [0.25, 0.3) is 0 Å². The average molecular weight is 681 g/mol. The number of piperazine rings is 1. The molecule has 0 bridgehead atoms. The molecule has 2 amide bonds. The second-order valence-corrected chi connectivity index (χ2v) is 14.3. The number of benzene rings is 1. The van der Waals surface area contributed by atoms with Crippen molar-refractivity contribution >= 4 is 29.6 Å². The molecule has 1 aromatic carbocycles. The molecule has 3 heterocycles. The molecule has 0 unspecified atom stereocenters. The molecule has 256 valence electrons. The quantitative estimate of drug-likeness (QED) is 0.320. The molecule has 2 saturated heterocycles. The van der Waals surface area contributed by atoms with E-state index in [-0.39, 0.29) is 37.4 Å². The van der Waals surface area contributed by atoms with E-state index in [0.29, 0.717) is 68.3 Å². The number of nitriles is 1. The number of amides is 2. The first kappa shape index (κ1) is 33.8. The largest absolute Gasteiger partial charge is 0.461 e. The van der Waals surface area contributed by atoms with E-state index in [1.165, 1.54) is 6.08 Å². The van der Waals surface area contributed by atoms with E-state index in [1.807, 2.05) is 43.9 Å². The van der Waals surface area contributed by atoms with Crippen LogP contribution in [-0.4, -0.2) is 89.0 Å². The van der Waals surface area contributed by atoms with Crippen LogP contribution in [0.2, 0.25) is 5.02 Å². The first-order valence-corrected chi connectivity index (χ1v) is 16.9. The number of hydrogen-bond donors (Lipinski definition) is 0. The van der Waals surface area contributed by atoms with E-state index in [9.17, 15) is 14.9 Å². The third-order valence-electron chi connectivity index (χ3n) is 9.86. The Morgan fingerprint density at radius 2 is 1.88 bits per heavy atom. The van der Waals surface area contributed by atoms with E-state index < -0.39 is 35.4 Å². The highest BCUT2D eigenvalue weighted by atomic mass is 35.5. The number of ether oxygens (including phenoxy) is 3. The van der Waals surface area contributed by atoms with Gasteiger partial charge in [-0.15, -0.1) is 0 Å². The highest BCUT2D eigenvalue weighted by Crippen LogP contribution is 2.56. The minimum Gasteiger partial charge on any atom is -0.461 e. The molecule has 11 nitrogen and oxygen atoms in total. The van der Waals surface area contributed by atoms with Crippen molar-refractivity contribution in [3.8, 4) is 12.1 Å². The third kappa shape index (κ3) is 6.37. The lowest BCUT2D eigenvalue weighted by molar-refractivity contribution is -0.0149. The number of fused-ring (bicyclic) bond motifs is 3. The SMILES string of the molecule is C=CCOC(=O)N1CCN(c2nc(OC[C@@H]3CCN3C(=O)OC(C)(C)C)nc3c2CC[C@@]2(CCc4c(Cl)cccc42)[C@H]3F)C[C@@H]1CC#N. The van der Waals surface area contributed by atoms with Crippen molar-refractivity contribution in [2.24, 2.45) is 0 Å². The van der Waals surface area contributed by atoms with Crippen LogP contribution in [0.15, 0.2) is 30.9 Å². The molecule has 4 atom stereocenters. The van der Waals surface area contributed by atoms with Crippen LogP contribution < -0.4 is 9.64 Å². The van der Waals surface area contributed by atoms with Crippen molar-refractivity contribution in [2.75, 3.05) is 44.3 Å². The van der Waals surface area contributed by atoms with Crippen molar-refractivity contribution in [1.82, 2.24) is 19.8 Å². The molecule has 2 aliphatic carbocycles. The summed E-state index contributed by atoms with van der Waals surface area (Å²) in [4.78, 5) is 40.2. The fraction of sp³-hybridized carbons (Fsp3) is 0.571. The van der Waals surface area contributed by atoms with Crippen LogP contribution in [-0.2, 0) is 27.7 Å². The Hall–Kier alpha value is -4.11. The summed E-state index contributed by atoms with van der Waals surface area (Å²) in [6.07, 6.45) is 2.36. The zero-order valence-corrected chi connectivity index (χ0v) is 28.5. The van der Waals surface area contributed by atoms with Crippen molar-refractivity contribution < 1.29 is 28.2 Å². The second-order valence-electron chi connectivity index (χ2n) is 13.9. The number of carbonyl (C=O) groups excluding carboxylic acids is 2. The number of likely N-dealkylation sites (tertiary alicyclic amines) is 1. The van der Waals surface area contributed by atoms with Gasteiger partial charge in [-0.2, -0.15) is 15.2 Å². The Kier molecular flexibility index (Phi) is 9.44. The van der Waals surface area contributed by atoms with E-state index >= 15 is 4.39 Å². The zero-order chi connectivity index (χ0) is 34.2. The van der Waals surface area contributed by atoms with Crippen LogP contribution >= 0.6 is 11.6 Å². The number of aromatic nitrogens is 2. The monoisotopic (exact) mass is 680 g/mol. The van der Waals surface area contributed by atoms with Gasteiger partial charge in [0.1, 0.15) is 24.6 Å². The molecule has 0 saturated carbocycles. The van der Waals surface area contributed by atoms with Gasteiger partial charge in [0.25, 0.3) is 0 Å². The van der Waals surface area contributed by atoms with Gasteiger partial charge in [-0.25, -0.2) is 14.0 Å². The maximum Gasteiger partial charge on any atom is 0.410 e. The Bertz CT molecular complexity index is 1630. The second kappa shape index (κ2) is 13.4. The van der Waals surface area contributed by atoms with Gasteiger partial charge in [-0.05, 0) is 70.1 Å². The molecule has 2 fully saturated rings. The molecule has 0 N–H and O–H groups in total. The molecule has 48 heavy (non-hydrogen) atoms. The van der Waals surface area contributed by atoms with Crippen molar-refractivity contribution in [3.63, 3.8) is 0 Å². The third-order valence-corrected chi connectivity index (χ3v) is 10.2. The van der Waals surface area contributed by atoms with Gasteiger partial charge in [0.15, 0.2) is 6.17 Å². The minimum atomic E-state index is -1.43. The zero-order valence-electron chi connectivity index (χ0n) is 27.7. The van der Waals surface area contributed by atoms with Crippen LogP contribution in [0.1, 0.15) is 75.0 Å². The summed E-state index contributed by atoms with van der Waals surface area (Å²) in [5.74, 6) is 0.538. The molecular formula is C35H42ClFN6O5. The lowest BCUT2D eigenvalue weighted by atomic mass is 9.68. The molecule has 0 radical (unpaired) electrons. The minimum absolute atomic E-state index is 0.0217. The number of nitrogens with zero attached hydrogens (tertiary/aromatic N) is 6. The number of rotatable bonds is 7. The Balaban J connectivity index is 1.31. The summed E-state index contributed by atoms with van der Waals surface area (Å²) >= 11 is 6.56. The summed E-state index contributed by atoms with van der Waals surface area (Å²) in [5, 5.41) is 10.3.